The molecule has 3 rings (SSSR count). The van der Waals surface area contributed by atoms with Gasteiger partial charge in [0.25, 0.3) is 0 Å². The number of nitrogens with zero attached hydrogens (tertiary/aromatic N) is 2. The summed E-state index contributed by atoms with van der Waals surface area (Å²) in [5.74, 6) is 0.711. The number of nitrogens with one attached hydrogen (secondary N) is 1. The minimum absolute atomic E-state index is 0.269. The normalized spacial score (nSPS) is 32.7. The third kappa shape index (κ3) is 2.32. The van der Waals surface area contributed by atoms with E-state index in [9.17, 15) is 0 Å². The SMILES string of the molecule is Cc1cnn(CCNC2C3CCCOC3C2(C)C)c1. The fourth-order valence-electron chi connectivity index (χ4n) is 3.86. The molecule has 1 aliphatic carbocycles. The predicted octanol–water partition coefficient (Wildman–Crippen LogP) is 1.98. The minimum atomic E-state index is 0.269. The van der Waals surface area contributed by atoms with Crippen LogP contribution in [0.2, 0.25) is 0 Å². The van der Waals surface area contributed by atoms with Crippen LogP contribution in [0.25, 0.3) is 0 Å². The molecule has 2 heterocycles. The summed E-state index contributed by atoms with van der Waals surface area (Å²) in [5, 5.41) is 8.05. The Morgan fingerprint density at radius 2 is 2.37 bits per heavy atom. The molecule has 4 heteroatoms. The number of aromatic nitrogens is 2. The van der Waals surface area contributed by atoms with Crippen molar-refractivity contribution in [3.05, 3.63) is 18.0 Å². The van der Waals surface area contributed by atoms with Crippen molar-refractivity contribution in [3.8, 4) is 0 Å². The summed E-state index contributed by atoms with van der Waals surface area (Å²) >= 11 is 0. The number of hydrogen-bond acceptors (Lipinski definition) is 3. The molecular formula is C15H25N3O. The van der Waals surface area contributed by atoms with E-state index in [0.717, 1.165) is 19.7 Å². The van der Waals surface area contributed by atoms with Crippen LogP contribution >= 0.6 is 0 Å². The molecule has 19 heavy (non-hydrogen) atoms. The Kier molecular flexibility index (Phi) is 3.39. The molecular weight excluding hydrogens is 238 g/mol. The second-order valence-corrected chi connectivity index (χ2v) is 6.63. The standard InChI is InChI=1S/C15H25N3O/c1-11-9-17-18(10-11)7-6-16-13-12-5-4-8-19-14(12)15(13,2)3/h9-10,12-14,16H,4-8H2,1-3H3. The second kappa shape index (κ2) is 4.91. The van der Waals surface area contributed by atoms with E-state index in [2.05, 4.69) is 37.4 Å². The van der Waals surface area contributed by atoms with Crippen LogP contribution in [0.1, 0.15) is 32.3 Å². The van der Waals surface area contributed by atoms with Crippen LogP contribution in [-0.2, 0) is 11.3 Å². The Morgan fingerprint density at radius 3 is 3.11 bits per heavy atom. The van der Waals surface area contributed by atoms with Gasteiger partial charge in [0.15, 0.2) is 0 Å². The van der Waals surface area contributed by atoms with E-state index < -0.39 is 0 Å². The average molecular weight is 263 g/mol. The van der Waals surface area contributed by atoms with Crippen LogP contribution in [0, 0.1) is 18.3 Å². The Morgan fingerprint density at radius 1 is 1.53 bits per heavy atom. The van der Waals surface area contributed by atoms with Crippen LogP contribution < -0.4 is 5.32 Å². The van der Waals surface area contributed by atoms with Crippen LogP contribution in [0.4, 0.5) is 0 Å². The van der Waals surface area contributed by atoms with Gasteiger partial charge in [-0.25, -0.2) is 0 Å². The van der Waals surface area contributed by atoms with Gasteiger partial charge in [0.05, 0.1) is 18.8 Å². The summed E-state index contributed by atoms with van der Waals surface area (Å²) < 4.78 is 7.95. The van der Waals surface area contributed by atoms with Gasteiger partial charge in [-0.3, -0.25) is 4.68 Å². The first-order chi connectivity index (χ1) is 9.09. The van der Waals surface area contributed by atoms with Crippen molar-refractivity contribution in [2.75, 3.05) is 13.2 Å². The maximum atomic E-state index is 5.93. The lowest BCUT2D eigenvalue weighted by molar-refractivity contribution is -0.192. The predicted molar refractivity (Wildman–Crippen MR) is 75.0 cm³/mol. The van der Waals surface area contributed by atoms with Gasteiger partial charge in [-0.1, -0.05) is 13.8 Å². The summed E-state index contributed by atoms with van der Waals surface area (Å²) in [6.45, 7) is 9.61. The molecule has 3 atom stereocenters. The second-order valence-electron chi connectivity index (χ2n) is 6.63. The van der Waals surface area contributed by atoms with E-state index >= 15 is 0 Å². The molecule has 0 amide bonds. The van der Waals surface area contributed by atoms with E-state index in [-0.39, 0.29) is 5.41 Å². The van der Waals surface area contributed by atoms with Crippen molar-refractivity contribution < 1.29 is 4.74 Å². The molecule has 1 N–H and O–H groups in total. The van der Waals surface area contributed by atoms with Crippen molar-refractivity contribution in [2.45, 2.75) is 52.3 Å². The first kappa shape index (κ1) is 13.1. The number of aryl methyl sites for hydroxylation is 1. The molecule has 0 bridgehead atoms. The molecule has 2 aliphatic rings. The van der Waals surface area contributed by atoms with E-state index in [1.807, 2.05) is 10.9 Å². The fourth-order valence-corrected chi connectivity index (χ4v) is 3.86. The van der Waals surface area contributed by atoms with Crippen LogP contribution in [0.3, 0.4) is 0 Å². The first-order valence-corrected chi connectivity index (χ1v) is 7.43. The van der Waals surface area contributed by atoms with Crippen molar-refractivity contribution in [1.29, 1.82) is 0 Å². The molecule has 0 aromatic carbocycles. The van der Waals surface area contributed by atoms with Crippen molar-refractivity contribution >= 4 is 0 Å². The zero-order chi connectivity index (χ0) is 13.5. The van der Waals surface area contributed by atoms with E-state index in [0.29, 0.717) is 18.1 Å². The summed E-state index contributed by atoms with van der Waals surface area (Å²) in [6, 6.07) is 0.592. The maximum Gasteiger partial charge on any atom is 0.0684 e. The zero-order valence-corrected chi connectivity index (χ0v) is 12.2. The summed E-state index contributed by atoms with van der Waals surface area (Å²) in [4.78, 5) is 0. The topological polar surface area (TPSA) is 39.1 Å². The molecule has 0 radical (unpaired) electrons. The molecule has 1 aromatic rings. The van der Waals surface area contributed by atoms with Gasteiger partial charge in [-0.2, -0.15) is 5.10 Å². The van der Waals surface area contributed by atoms with Gasteiger partial charge in [0.1, 0.15) is 0 Å². The minimum Gasteiger partial charge on any atom is -0.377 e. The van der Waals surface area contributed by atoms with Gasteiger partial charge in [-0.15, -0.1) is 0 Å². The Balaban J connectivity index is 1.52. The van der Waals surface area contributed by atoms with E-state index in [1.165, 1.54) is 18.4 Å². The number of ether oxygens (including phenoxy) is 1. The summed E-state index contributed by atoms with van der Waals surface area (Å²) in [7, 11) is 0. The van der Waals surface area contributed by atoms with Gasteiger partial charge in [0.2, 0.25) is 0 Å². The molecule has 106 valence electrons. The molecule has 1 aliphatic heterocycles. The highest BCUT2D eigenvalue weighted by molar-refractivity contribution is 5.10. The van der Waals surface area contributed by atoms with Gasteiger partial charge < -0.3 is 10.1 Å². The van der Waals surface area contributed by atoms with Gasteiger partial charge in [0, 0.05) is 36.7 Å². The van der Waals surface area contributed by atoms with Crippen molar-refractivity contribution in [2.24, 2.45) is 11.3 Å². The Hall–Kier alpha value is -0.870. The van der Waals surface area contributed by atoms with E-state index in [1.54, 1.807) is 0 Å². The maximum absolute atomic E-state index is 5.93. The molecule has 2 fully saturated rings. The van der Waals surface area contributed by atoms with Gasteiger partial charge >= 0.3 is 0 Å². The highest BCUT2D eigenvalue weighted by Gasteiger charge is 2.57. The Bertz CT molecular complexity index is 440. The molecule has 1 saturated carbocycles. The van der Waals surface area contributed by atoms with Gasteiger partial charge in [-0.05, 0) is 25.3 Å². The van der Waals surface area contributed by atoms with E-state index in [4.69, 9.17) is 4.74 Å². The molecule has 4 nitrogen and oxygen atoms in total. The molecule has 1 aromatic heterocycles. The van der Waals surface area contributed by atoms with Crippen LogP contribution in [0.5, 0.6) is 0 Å². The van der Waals surface area contributed by atoms with Crippen LogP contribution in [-0.4, -0.2) is 35.1 Å². The zero-order valence-electron chi connectivity index (χ0n) is 12.2. The Labute approximate surface area is 115 Å². The lowest BCUT2D eigenvalue weighted by Crippen LogP contribution is -2.69. The number of hydrogen-bond donors (Lipinski definition) is 1. The third-order valence-corrected chi connectivity index (χ3v) is 4.80. The van der Waals surface area contributed by atoms with Crippen LogP contribution in [0.15, 0.2) is 12.4 Å². The lowest BCUT2D eigenvalue weighted by Gasteiger charge is -2.60. The summed E-state index contributed by atoms with van der Waals surface area (Å²) in [5.41, 5.74) is 1.50. The smallest absolute Gasteiger partial charge is 0.0684 e. The first-order valence-electron chi connectivity index (χ1n) is 7.43. The summed E-state index contributed by atoms with van der Waals surface area (Å²) in [6.07, 6.45) is 7.00. The molecule has 0 spiro atoms. The largest absolute Gasteiger partial charge is 0.377 e. The number of fused-ring (bicyclic) bond motifs is 1. The quantitative estimate of drug-likeness (QED) is 0.903. The third-order valence-electron chi connectivity index (χ3n) is 4.80. The lowest BCUT2D eigenvalue weighted by atomic mass is 9.55. The highest BCUT2D eigenvalue weighted by atomic mass is 16.5. The van der Waals surface area contributed by atoms with Crippen molar-refractivity contribution in [1.82, 2.24) is 15.1 Å². The monoisotopic (exact) mass is 263 g/mol. The highest BCUT2D eigenvalue weighted by Crippen LogP contribution is 2.51. The van der Waals surface area contributed by atoms with Crippen molar-refractivity contribution in [3.63, 3.8) is 0 Å². The number of rotatable bonds is 4. The molecule has 1 saturated heterocycles. The fraction of sp³-hybridized carbons (Fsp3) is 0.800. The average Bonchev–Trinajstić information content (AvgIpc) is 2.80. The molecule has 3 unspecified atom stereocenters.